The second kappa shape index (κ2) is 17.8. The second-order valence-electron chi connectivity index (χ2n) is 1.22. The summed E-state index contributed by atoms with van der Waals surface area (Å²) in [5.41, 5.74) is 0. The molecule has 0 N–H and O–H groups in total. The van der Waals surface area contributed by atoms with Gasteiger partial charge in [0.05, 0.1) is 0 Å². The van der Waals surface area contributed by atoms with Crippen molar-refractivity contribution in [3.8, 4) is 0 Å². The van der Waals surface area contributed by atoms with Gasteiger partial charge in [-0.1, -0.05) is 0 Å². The molecule has 0 heterocycles. The van der Waals surface area contributed by atoms with Crippen LogP contribution in [0.1, 0.15) is 0 Å². The predicted octanol–water partition coefficient (Wildman–Crippen LogP) is -9.00. The molecule has 0 aromatic carbocycles. The summed E-state index contributed by atoms with van der Waals surface area (Å²) in [7, 11) is 0. The van der Waals surface area contributed by atoms with E-state index in [0.29, 0.717) is 0 Å². The first-order valence-corrected chi connectivity index (χ1v) is 16.4. The molecule has 18 heteroatoms. The topological polar surface area (TPSA) is 241 Å². The minimum atomic E-state index is -6.17. The fraction of sp³-hybridized carbons (Fsp3) is 0. The van der Waals surface area contributed by atoms with E-state index in [1.807, 2.05) is 0 Å². The van der Waals surface area contributed by atoms with Crippen molar-refractivity contribution in [2.24, 2.45) is 0 Å². The van der Waals surface area contributed by atoms with Crippen LogP contribution in [-0.4, -0.2) is 113 Å². The number of rotatable bonds is 0. The van der Waals surface area contributed by atoms with E-state index in [1.165, 1.54) is 0 Å². The van der Waals surface area contributed by atoms with E-state index in [0.717, 1.165) is 0 Å². The van der Waals surface area contributed by atoms with Crippen LogP contribution in [0.3, 0.4) is 0 Å². The van der Waals surface area contributed by atoms with Crippen molar-refractivity contribution >= 4 is 113 Å². The van der Waals surface area contributed by atoms with Crippen molar-refractivity contribution < 1.29 is 93.2 Å². The summed E-state index contributed by atoms with van der Waals surface area (Å²) in [6, 6.07) is 0. The van der Waals surface area contributed by atoms with E-state index in [1.54, 1.807) is 0 Å². The van der Waals surface area contributed by atoms with Crippen LogP contribution in [0.5, 0.6) is 0 Å². The average molecular weight is 864 g/mol. The normalized spacial score (nSPS) is 9.67. The molecule has 0 aromatic heterocycles. The molecule has 0 saturated carbocycles. The Morgan fingerprint density at radius 2 is 0.389 bits per heavy atom. The van der Waals surface area contributed by atoms with Crippen LogP contribution >= 0.6 is 0 Å². The zero-order valence-electron chi connectivity index (χ0n) is 8.25. The molecule has 0 spiro atoms. The summed E-state index contributed by atoms with van der Waals surface area (Å²) in [5.74, 6) is 0. The number of hydrogen-bond donors (Lipinski definition) is 0. The fourth-order valence-electron chi connectivity index (χ4n) is 0. The van der Waals surface area contributed by atoms with Gasteiger partial charge in [0.1, 0.15) is 0 Å². The summed E-state index contributed by atoms with van der Waals surface area (Å²) in [6.07, 6.45) is 0. The van der Waals surface area contributed by atoms with Crippen LogP contribution in [0.15, 0.2) is 0 Å². The molecule has 0 amide bonds. The Hall–Kier alpha value is 4.40. The van der Waals surface area contributed by atoms with E-state index in [9.17, 15) is 0 Å². The van der Waals surface area contributed by atoms with Gasteiger partial charge in [-0.05, 0) is 0 Å². The van der Waals surface area contributed by atoms with Crippen LogP contribution < -0.4 is 22.6 Å². The Morgan fingerprint density at radius 1 is 0.389 bits per heavy atom. The first-order valence-electron chi connectivity index (χ1n) is 2.00. The van der Waals surface area contributed by atoms with Crippen LogP contribution in [0.25, 0.3) is 0 Å². The van der Waals surface area contributed by atoms with Crippen LogP contribution in [0.4, 0.5) is 0 Å². The number of hydrogen-bond acceptors (Lipinski definition) is 12. The molecular formula is Ca3O12W3. The Balaban J connectivity index is -0.0000000277. The third-order valence-electron chi connectivity index (χ3n) is 0. The van der Waals surface area contributed by atoms with E-state index in [2.05, 4.69) is 0 Å². The van der Waals surface area contributed by atoms with Gasteiger partial charge in [0.15, 0.2) is 0 Å². The van der Waals surface area contributed by atoms with Crippen molar-refractivity contribution in [2.45, 2.75) is 0 Å². The first kappa shape index (κ1) is 38.1. The molecular weight excluding hydrogens is 864 g/mol. The SMILES string of the molecule is [Ca+2].[Ca+2].[Ca+2].[O]=[W](=[O])([O-])[O-].[O]=[W](=[O])([O-])[O-].[O]=[W](=[O])([O-])[O-]. The van der Waals surface area contributed by atoms with Crippen LogP contribution in [0.2, 0.25) is 0 Å². The van der Waals surface area contributed by atoms with Crippen molar-refractivity contribution in [2.75, 3.05) is 0 Å². The standard InChI is InChI=1S/3Ca.12O.3W/q3*+2;;;;;;;6*-1;;;. The van der Waals surface area contributed by atoms with Gasteiger partial charge < -0.3 is 0 Å². The van der Waals surface area contributed by atoms with Gasteiger partial charge in [0.2, 0.25) is 0 Å². The van der Waals surface area contributed by atoms with Crippen molar-refractivity contribution in [1.82, 2.24) is 0 Å². The quantitative estimate of drug-likeness (QED) is 0.207. The van der Waals surface area contributed by atoms with E-state index >= 15 is 0 Å². The molecule has 0 saturated heterocycles. The Kier molecular flexibility index (Phi) is 37.6. The van der Waals surface area contributed by atoms with Gasteiger partial charge in [-0.3, -0.25) is 0 Å². The maximum absolute atomic E-state index is 8.65. The van der Waals surface area contributed by atoms with Gasteiger partial charge in [0, 0.05) is 0 Å². The second-order valence-corrected chi connectivity index (χ2v) is 10.0. The molecule has 0 fully saturated rings. The van der Waals surface area contributed by atoms with Gasteiger partial charge in [-0.2, -0.15) is 0 Å². The molecule has 0 aliphatic carbocycles. The molecule has 96 valence electrons. The van der Waals surface area contributed by atoms with Gasteiger partial charge in [0.25, 0.3) is 0 Å². The average Bonchev–Trinajstić information content (AvgIpc) is 1.41. The molecule has 18 heavy (non-hydrogen) atoms. The van der Waals surface area contributed by atoms with Crippen molar-refractivity contribution in [3.63, 3.8) is 0 Å². The zero-order valence-corrected chi connectivity index (χ0v) is 23.7. The molecule has 0 atom stereocenters. The summed E-state index contributed by atoms with van der Waals surface area (Å²) < 4.78 is 104. The minimum absolute atomic E-state index is 0. The summed E-state index contributed by atoms with van der Waals surface area (Å²) >= 11 is -18.5. The Bertz CT molecular complexity index is 343. The molecule has 0 bridgehead atoms. The molecule has 0 aliphatic heterocycles. The van der Waals surface area contributed by atoms with Gasteiger partial charge in [-0.15, -0.1) is 0 Å². The zero-order chi connectivity index (χ0) is 13.5. The summed E-state index contributed by atoms with van der Waals surface area (Å²) in [5, 5.41) is 0. The van der Waals surface area contributed by atoms with Crippen LogP contribution in [-0.2, 0) is 70.6 Å². The van der Waals surface area contributed by atoms with Crippen molar-refractivity contribution in [3.05, 3.63) is 0 Å². The third kappa shape index (κ3) is 396. The summed E-state index contributed by atoms with van der Waals surface area (Å²) in [6.45, 7) is 0. The van der Waals surface area contributed by atoms with Crippen molar-refractivity contribution in [1.29, 1.82) is 0 Å². The summed E-state index contributed by atoms with van der Waals surface area (Å²) in [4.78, 5) is 0. The predicted molar refractivity (Wildman–Crippen MR) is 21.4 cm³/mol. The maximum atomic E-state index is 8.65. The molecule has 0 unspecified atom stereocenters. The van der Waals surface area contributed by atoms with Gasteiger partial charge in [-0.25, -0.2) is 0 Å². The van der Waals surface area contributed by atoms with E-state index < -0.39 is 50.2 Å². The Morgan fingerprint density at radius 3 is 0.389 bits per heavy atom. The van der Waals surface area contributed by atoms with Crippen LogP contribution in [0, 0.1) is 0 Å². The fourth-order valence-corrected chi connectivity index (χ4v) is 0. The third-order valence-corrected chi connectivity index (χ3v) is 0. The first-order chi connectivity index (χ1) is 6.00. The molecule has 12 nitrogen and oxygen atoms in total. The monoisotopic (exact) mass is 864 g/mol. The molecule has 0 aromatic rings. The molecule has 0 radical (unpaired) electrons. The Labute approximate surface area is 201 Å². The van der Waals surface area contributed by atoms with Gasteiger partial charge >= 0.3 is 206 Å². The molecule has 0 aliphatic rings. The van der Waals surface area contributed by atoms with E-state index in [4.69, 9.17) is 42.9 Å². The van der Waals surface area contributed by atoms with E-state index in [-0.39, 0.29) is 113 Å². The molecule has 0 rings (SSSR count).